The summed E-state index contributed by atoms with van der Waals surface area (Å²) in [5.74, 6) is -5.26. The minimum absolute atomic E-state index is 0.158. The van der Waals surface area contributed by atoms with Gasteiger partial charge in [0.25, 0.3) is 0 Å². The number of rotatable bonds is 2. The average molecular weight is 281 g/mol. The van der Waals surface area contributed by atoms with E-state index in [4.69, 9.17) is 5.11 Å². The van der Waals surface area contributed by atoms with Gasteiger partial charge in [0.15, 0.2) is 11.6 Å². The molecule has 1 aromatic carbocycles. The van der Waals surface area contributed by atoms with Gasteiger partial charge in [-0.15, -0.1) is 0 Å². The number of carboxylic acids is 1. The van der Waals surface area contributed by atoms with Crippen molar-refractivity contribution in [2.24, 2.45) is 0 Å². The van der Waals surface area contributed by atoms with Gasteiger partial charge in [0, 0.05) is 12.2 Å². The Morgan fingerprint density at radius 2 is 1.95 bits per heavy atom. The van der Waals surface area contributed by atoms with E-state index in [1.807, 2.05) is 0 Å². The smallest absolute Gasteiger partial charge is 0.341 e. The molecule has 1 aromatic heterocycles. The molecule has 0 atom stereocenters. The van der Waals surface area contributed by atoms with Gasteiger partial charge in [-0.05, 0) is 18.9 Å². The molecule has 0 radical (unpaired) electrons. The lowest BCUT2D eigenvalue weighted by Crippen LogP contribution is -2.19. The third-order valence-corrected chi connectivity index (χ3v) is 3.35. The second-order valence-corrected chi connectivity index (χ2v) is 4.74. The zero-order valence-electron chi connectivity index (χ0n) is 10.1. The van der Waals surface area contributed by atoms with E-state index in [9.17, 15) is 23.5 Å². The highest BCUT2D eigenvalue weighted by molar-refractivity contribution is 5.93. The Balaban J connectivity index is 2.52. The summed E-state index contributed by atoms with van der Waals surface area (Å²) in [4.78, 5) is 23.0. The van der Waals surface area contributed by atoms with Crippen LogP contribution in [0.2, 0.25) is 0 Å². The first-order valence-electron chi connectivity index (χ1n) is 5.91. The zero-order valence-corrected chi connectivity index (χ0v) is 10.1. The Hall–Kier alpha value is -2.44. The monoisotopic (exact) mass is 281 g/mol. The Labute approximate surface area is 110 Å². The maximum Gasteiger partial charge on any atom is 0.341 e. The number of hydrogen-bond acceptors (Lipinski definition) is 3. The minimum Gasteiger partial charge on any atom is -0.505 e. The maximum absolute atomic E-state index is 14.0. The number of nitrogens with zero attached hydrogens (tertiary/aromatic N) is 1. The van der Waals surface area contributed by atoms with Gasteiger partial charge < -0.3 is 14.8 Å². The van der Waals surface area contributed by atoms with E-state index >= 15 is 0 Å². The quantitative estimate of drug-likeness (QED) is 0.882. The summed E-state index contributed by atoms with van der Waals surface area (Å²) in [6.45, 7) is 0. The van der Waals surface area contributed by atoms with Gasteiger partial charge in [-0.1, -0.05) is 0 Å². The van der Waals surface area contributed by atoms with Crippen LogP contribution >= 0.6 is 0 Å². The number of benzene rings is 1. The van der Waals surface area contributed by atoms with Crippen molar-refractivity contribution in [1.29, 1.82) is 0 Å². The van der Waals surface area contributed by atoms with E-state index in [2.05, 4.69) is 0 Å². The largest absolute Gasteiger partial charge is 0.505 e. The van der Waals surface area contributed by atoms with Crippen LogP contribution in [0.1, 0.15) is 29.2 Å². The van der Waals surface area contributed by atoms with Gasteiger partial charge in [0.2, 0.25) is 11.2 Å². The second-order valence-electron chi connectivity index (χ2n) is 4.74. The fourth-order valence-electron chi connectivity index (χ4n) is 2.23. The van der Waals surface area contributed by atoms with Crippen LogP contribution in [0.3, 0.4) is 0 Å². The average Bonchev–Trinajstić information content (AvgIpc) is 3.21. The molecule has 0 spiro atoms. The summed E-state index contributed by atoms with van der Waals surface area (Å²) in [6, 6.07) is 0.608. The molecule has 0 amide bonds. The Morgan fingerprint density at radius 1 is 1.30 bits per heavy atom. The molecule has 0 bridgehead atoms. The fourth-order valence-corrected chi connectivity index (χ4v) is 2.23. The van der Waals surface area contributed by atoms with Gasteiger partial charge in [0.1, 0.15) is 5.56 Å². The molecule has 0 aliphatic heterocycles. The summed E-state index contributed by atoms with van der Waals surface area (Å²) in [5, 5.41) is 17.9. The minimum atomic E-state index is -1.45. The molecule has 2 aromatic rings. The fraction of sp³-hybridized carbons (Fsp3) is 0.231. The van der Waals surface area contributed by atoms with Crippen LogP contribution in [-0.2, 0) is 0 Å². The zero-order chi connectivity index (χ0) is 14.6. The van der Waals surface area contributed by atoms with Crippen molar-refractivity contribution in [2.45, 2.75) is 18.9 Å². The first-order chi connectivity index (χ1) is 9.41. The highest BCUT2D eigenvalue weighted by atomic mass is 19.2. The third kappa shape index (κ3) is 1.66. The predicted molar refractivity (Wildman–Crippen MR) is 65.0 cm³/mol. The highest BCUT2D eigenvalue weighted by Gasteiger charge is 2.29. The number of hydrogen-bond donors (Lipinski definition) is 2. The Morgan fingerprint density at radius 3 is 2.50 bits per heavy atom. The molecular formula is C13H9F2NO4. The molecule has 1 aliphatic carbocycles. The third-order valence-electron chi connectivity index (χ3n) is 3.35. The molecule has 5 nitrogen and oxygen atoms in total. The topological polar surface area (TPSA) is 79.5 Å². The summed E-state index contributed by atoms with van der Waals surface area (Å²) in [6.07, 6.45) is 2.42. The van der Waals surface area contributed by atoms with Crippen molar-refractivity contribution >= 4 is 16.9 Å². The van der Waals surface area contributed by atoms with Crippen LogP contribution in [0, 0.1) is 11.6 Å². The highest BCUT2D eigenvalue weighted by Crippen LogP contribution is 2.38. The molecular weight excluding hydrogens is 272 g/mol. The summed E-state index contributed by atoms with van der Waals surface area (Å²) in [5.41, 5.74) is -1.79. The van der Waals surface area contributed by atoms with E-state index in [1.165, 1.54) is 4.57 Å². The number of halogens is 2. The molecule has 1 saturated carbocycles. The molecule has 0 saturated heterocycles. The number of carboxylic acid groups (broad SMARTS) is 1. The first-order valence-corrected chi connectivity index (χ1v) is 5.91. The molecule has 2 N–H and O–H groups in total. The van der Waals surface area contributed by atoms with Gasteiger partial charge >= 0.3 is 5.97 Å². The van der Waals surface area contributed by atoms with Crippen molar-refractivity contribution in [3.8, 4) is 5.75 Å². The van der Waals surface area contributed by atoms with Crippen molar-refractivity contribution < 1.29 is 23.8 Å². The van der Waals surface area contributed by atoms with E-state index in [0.29, 0.717) is 12.8 Å². The maximum atomic E-state index is 14.0. The van der Waals surface area contributed by atoms with E-state index in [1.54, 1.807) is 0 Å². The summed E-state index contributed by atoms with van der Waals surface area (Å²) in [7, 11) is 0. The molecule has 3 rings (SSSR count). The number of phenols is 1. The van der Waals surface area contributed by atoms with Crippen LogP contribution in [-0.4, -0.2) is 20.7 Å². The number of aromatic nitrogens is 1. The normalized spacial score (nSPS) is 14.7. The molecule has 0 unspecified atom stereocenters. The van der Waals surface area contributed by atoms with Gasteiger partial charge in [-0.3, -0.25) is 4.79 Å². The van der Waals surface area contributed by atoms with Gasteiger partial charge in [0.05, 0.1) is 10.9 Å². The molecule has 20 heavy (non-hydrogen) atoms. The van der Waals surface area contributed by atoms with Crippen LogP contribution in [0.5, 0.6) is 5.75 Å². The van der Waals surface area contributed by atoms with Crippen molar-refractivity contribution in [3.63, 3.8) is 0 Å². The van der Waals surface area contributed by atoms with Crippen molar-refractivity contribution in [2.75, 3.05) is 0 Å². The second kappa shape index (κ2) is 4.03. The van der Waals surface area contributed by atoms with E-state index in [0.717, 1.165) is 12.3 Å². The summed E-state index contributed by atoms with van der Waals surface area (Å²) < 4.78 is 28.7. The van der Waals surface area contributed by atoms with Crippen LogP contribution in [0.4, 0.5) is 8.78 Å². The first kappa shape index (κ1) is 12.6. The van der Waals surface area contributed by atoms with Crippen molar-refractivity contribution in [3.05, 3.63) is 39.7 Å². The van der Waals surface area contributed by atoms with Gasteiger partial charge in [-0.25, -0.2) is 9.18 Å². The molecule has 1 aliphatic rings. The van der Waals surface area contributed by atoms with E-state index in [-0.39, 0.29) is 16.9 Å². The van der Waals surface area contributed by atoms with Gasteiger partial charge in [-0.2, -0.15) is 4.39 Å². The molecule has 1 fully saturated rings. The predicted octanol–water partition coefficient (Wildman–Crippen LogP) is 2.02. The number of aromatic carboxylic acids is 1. The molecule has 104 valence electrons. The van der Waals surface area contributed by atoms with Crippen LogP contribution in [0.15, 0.2) is 17.1 Å². The van der Waals surface area contributed by atoms with Crippen LogP contribution in [0.25, 0.3) is 10.9 Å². The number of aromatic hydroxyl groups is 1. The SMILES string of the molecule is O=C(O)c1cn(C2CC2)c2c(F)c(F)c(O)cc2c1=O. The lowest BCUT2D eigenvalue weighted by atomic mass is 10.1. The van der Waals surface area contributed by atoms with E-state index < -0.39 is 34.3 Å². The molecule has 1 heterocycles. The number of phenolic OH excluding ortho intramolecular Hbond substituents is 1. The number of pyridine rings is 1. The number of fused-ring (bicyclic) bond motifs is 1. The van der Waals surface area contributed by atoms with Crippen molar-refractivity contribution in [1.82, 2.24) is 4.57 Å². The lowest BCUT2D eigenvalue weighted by Gasteiger charge is -2.13. The standard InChI is InChI=1S/C13H9F2NO4/c14-9-8(17)3-6-11(10(9)15)16(5-1-2-5)4-7(12(6)18)13(19)20/h3-5,17H,1-2H2,(H,19,20). The van der Waals surface area contributed by atoms with Crippen LogP contribution < -0.4 is 5.43 Å². The number of carbonyl (C=O) groups is 1. The Kier molecular flexibility index (Phi) is 2.53. The lowest BCUT2D eigenvalue weighted by molar-refractivity contribution is 0.0695. The Bertz CT molecular complexity index is 808. The summed E-state index contributed by atoms with van der Waals surface area (Å²) >= 11 is 0. The molecule has 7 heteroatoms.